The Morgan fingerprint density at radius 3 is 1.23 bits per heavy atom. The number of hydrogen-bond acceptors (Lipinski definition) is 4. The maximum Gasteiger partial charge on any atom is 0.0711 e. The minimum Gasteiger partial charge on any atom is -0.143 e. The summed E-state index contributed by atoms with van der Waals surface area (Å²) in [5.74, 6) is 0. The zero-order chi connectivity index (χ0) is 22.8. The minimum atomic E-state index is 0. The summed E-state index contributed by atoms with van der Waals surface area (Å²) in [5, 5.41) is 15.2. The first-order valence-corrected chi connectivity index (χ1v) is 15.6. The fourth-order valence-corrected chi connectivity index (χ4v) is 9.75. The Morgan fingerprint density at radius 2 is 0.800 bits per heavy atom. The van der Waals surface area contributed by atoms with Crippen molar-refractivity contribution in [3.8, 4) is 0 Å². The molecule has 0 spiro atoms. The third kappa shape index (κ3) is 3.95. The van der Waals surface area contributed by atoms with E-state index < -0.39 is 0 Å². The lowest BCUT2D eigenvalue weighted by Gasteiger charge is -2.00. The van der Waals surface area contributed by atoms with Gasteiger partial charge in [-0.25, -0.2) is 0 Å². The van der Waals surface area contributed by atoms with Gasteiger partial charge in [-0.2, -0.15) is 0 Å². The number of fused-ring (bicyclic) bond motifs is 10. The van der Waals surface area contributed by atoms with Crippen LogP contribution in [0.4, 0.5) is 0 Å². The van der Waals surface area contributed by atoms with E-state index in [0.29, 0.717) is 0 Å². The van der Waals surface area contributed by atoms with E-state index in [1.54, 1.807) is 22.7 Å². The maximum absolute atomic E-state index is 3.58. The van der Waals surface area contributed by atoms with Crippen molar-refractivity contribution < 1.29 is 0 Å². The molecule has 0 bridgehead atoms. The third-order valence-corrected chi connectivity index (χ3v) is 11.4. The van der Waals surface area contributed by atoms with Crippen molar-refractivity contribution in [1.82, 2.24) is 0 Å². The lowest BCUT2D eigenvalue weighted by atomic mass is 10.1. The summed E-state index contributed by atoms with van der Waals surface area (Å²) in [7, 11) is 0. The van der Waals surface area contributed by atoms with Crippen molar-refractivity contribution in [2.75, 3.05) is 0 Å². The third-order valence-electron chi connectivity index (χ3n) is 6.13. The number of thiophene rings is 4. The molecular weight excluding hydrogens is 636 g/mol. The van der Waals surface area contributed by atoms with E-state index in [9.17, 15) is 0 Å². The monoisotopic (exact) mass is 652 g/mol. The topological polar surface area (TPSA) is 0 Å². The van der Waals surface area contributed by atoms with E-state index in [4.69, 9.17) is 0 Å². The van der Waals surface area contributed by atoms with Crippen LogP contribution in [0.1, 0.15) is 7.43 Å². The molecule has 0 N–H and O–H groups in total. The minimum absolute atomic E-state index is 0. The normalized spacial score (nSPS) is 11.5. The Morgan fingerprint density at radius 1 is 0.429 bits per heavy atom. The van der Waals surface area contributed by atoms with Crippen LogP contribution < -0.4 is 0 Å². The molecule has 172 valence electrons. The molecule has 0 aliphatic heterocycles. The van der Waals surface area contributed by atoms with Crippen LogP contribution in [0, 0.1) is 0 Å². The van der Waals surface area contributed by atoms with Crippen LogP contribution in [0.25, 0.3) is 61.9 Å². The molecule has 4 aromatic carbocycles. The molecule has 0 saturated heterocycles. The van der Waals surface area contributed by atoms with Gasteiger partial charge in [0.05, 0.1) is 7.57 Å². The molecule has 4 heterocycles. The highest BCUT2D eigenvalue weighted by molar-refractivity contribution is 9.11. The summed E-state index contributed by atoms with van der Waals surface area (Å²) < 4.78 is 7.94. The second-order valence-corrected chi connectivity index (χ2v) is 14.8. The summed E-state index contributed by atoms with van der Waals surface area (Å²) in [5.41, 5.74) is 0. The van der Waals surface area contributed by atoms with Gasteiger partial charge in [0.15, 0.2) is 0 Å². The second kappa shape index (κ2) is 9.25. The highest BCUT2D eigenvalue weighted by atomic mass is 79.9. The van der Waals surface area contributed by atoms with Crippen LogP contribution in [-0.4, -0.2) is 0 Å². The van der Waals surface area contributed by atoms with Crippen molar-refractivity contribution in [3.05, 3.63) is 91.1 Å². The molecule has 0 atom stereocenters. The zero-order valence-corrected chi connectivity index (χ0v) is 23.9. The predicted molar refractivity (Wildman–Crippen MR) is 172 cm³/mol. The summed E-state index contributed by atoms with van der Waals surface area (Å²) in [6.07, 6.45) is 0. The summed E-state index contributed by atoms with van der Waals surface area (Å²) in [4.78, 5) is 0. The molecular formula is C29H18Br2S4. The molecule has 6 heteroatoms. The summed E-state index contributed by atoms with van der Waals surface area (Å²) in [6, 6.07) is 26.6. The Balaban J connectivity index is 0.000000128. The summed E-state index contributed by atoms with van der Waals surface area (Å²) in [6.45, 7) is 0. The van der Waals surface area contributed by atoms with E-state index in [1.807, 2.05) is 22.7 Å². The summed E-state index contributed by atoms with van der Waals surface area (Å²) >= 11 is 14.4. The molecule has 0 amide bonds. The van der Waals surface area contributed by atoms with Crippen LogP contribution in [0.15, 0.2) is 91.1 Å². The fourth-order valence-electron chi connectivity index (χ4n) is 4.60. The van der Waals surface area contributed by atoms with Gasteiger partial charge in [-0.15, -0.1) is 45.3 Å². The Bertz CT molecular complexity index is 1860. The molecule has 35 heavy (non-hydrogen) atoms. The average Bonchev–Trinajstić information content (AvgIpc) is 3.62. The van der Waals surface area contributed by atoms with Gasteiger partial charge in [-0.1, -0.05) is 56.0 Å². The van der Waals surface area contributed by atoms with Crippen LogP contribution in [0.5, 0.6) is 0 Å². The van der Waals surface area contributed by atoms with Crippen molar-refractivity contribution in [3.63, 3.8) is 0 Å². The lowest BCUT2D eigenvalue weighted by Crippen LogP contribution is -1.72. The molecule has 8 rings (SSSR count). The quantitative estimate of drug-likeness (QED) is 0.153. The standard InChI is InChI=1S/C14H6Br2S2.C14H8S2.CH4/c15-11-5-7-1-3-9-10(13(7)17-11)4-2-8-6-12(16)18-14(8)9;1-3-11-12(13-9(1)5-7-15-13)4-2-10-6-8-16-14(10)11;/h1-6H;1-8H;1H4. The molecule has 0 unspecified atom stereocenters. The van der Waals surface area contributed by atoms with Gasteiger partial charge in [0.2, 0.25) is 0 Å². The van der Waals surface area contributed by atoms with E-state index in [-0.39, 0.29) is 7.43 Å². The molecule has 0 aliphatic rings. The molecule has 0 radical (unpaired) electrons. The van der Waals surface area contributed by atoms with Crippen LogP contribution in [-0.2, 0) is 0 Å². The van der Waals surface area contributed by atoms with Crippen molar-refractivity contribution in [1.29, 1.82) is 0 Å². The smallest absolute Gasteiger partial charge is 0.0711 e. The number of rotatable bonds is 0. The molecule has 0 nitrogen and oxygen atoms in total. The highest BCUT2D eigenvalue weighted by Gasteiger charge is 2.09. The second-order valence-electron chi connectivity index (χ2n) is 8.07. The number of benzene rings is 4. The first-order valence-electron chi connectivity index (χ1n) is 10.6. The molecule has 8 aromatic rings. The van der Waals surface area contributed by atoms with Crippen molar-refractivity contribution in [2.24, 2.45) is 0 Å². The maximum atomic E-state index is 3.58. The van der Waals surface area contributed by atoms with Gasteiger partial charge in [0.25, 0.3) is 0 Å². The first kappa shape index (κ1) is 23.6. The van der Waals surface area contributed by atoms with Crippen LogP contribution in [0.2, 0.25) is 0 Å². The van der Waals surface area contributed by atoms with Gasteiger partial charge in [-0.05, 0) is 88.4 Å². The van der Waals surface area contributed by atoms with Crippen LogP contribution in [0.3, 0.4) is 0 Å². The van der Waals surface area contributed by atoms with E-state index in [0.717, 1.165) is 0 Å². The van der Waals surface area contributed by atoms with Gasteiger partial charge in [-0.3, -0.25) is 0 Å². The number of halogens is 2. The Kier molecular flexibility index (Phi) is 6.24. The first-order chi connectivity index (χ1) is 16.7. The Hall–Kier alpha value is -1.80. The average molecular weight is 655 g/mol. The van der Waals surface area contributed by atoms with Crippen LogP contribution >= 0.6 is 77.2 Å². The molecule has 0 aliphatic carbocycles. The predicted octanol–water partition coefficient (Wildman–Crippen LogP) is 12.7. The largest absolute Gasteiger partial charge is 0.143 e. The van der Waals surface area contributed by atoms with Gasteiger partial charge >= 0.3 is 0 Å². The van der Waals surface area contributed by atoms with Gasteiger partial charge < -0.3 is 0 Å². The van der Waals surface area contributed by atoms with Gasteiger partial charge in [0.1, 0.15) is 0 Å². The lowest BCUT2D eigenvalue weighted by molar-refractivity contribution is 1.92. The van der Waals surface area contributed by atoms with E-state index in [1.165, 1.54) is 69.5 Å². The van der Waals surface area contributed by atoms with Gasteiger partial charge in [0, 0.05) is 40.3 Å². The SMILES string of the molecule is Brc1cc2ccc3c(ccc4cc(Br)sc43)c2s1.C.c1cc2ccc3c(ccc4ccsc43)c2s1. The molecule has 0 saturated carbocycles. The highest BCUT2D eigenvalue weighted by Crippen LogP contribution is 2.41. The molecule has 4 aromatic heterocycles. The Labute approximate surface area is 235 Å². The van der Waals surface area contributed by atoms with E-state index >= 15 is 0 Å². The number of hydrogen-bond donors (Lipinski definition) is 0. The van der Waals surface area contributed by atoms with E-state index in [2.05, 4.69) is 115 Å². The van der Waals surface area contributed by atoms with Crippen molar-refractivity contribution in [2.45, 2.75) is 7.43 Å². The zero-order valence-electron chi connectivity index (χ0n) is 17.5. The fraction of sp³-hybridized carbons (Fsp3) is 0.0345. The van der Waals surface area contributed by atoms with Crippen molar-refractivity contribution >= 4 is 139 Å². The molecule has 0 fully saturated rings.